The average molecular weight is 373 g/mol. The van der Waals surface area contributed by atoms with Crippen LogP contribution in [0.2, 0.25) is 0 Å². The van der Waals surface area contributed by atoms with Crippen LogP contribution in [-0.2, 0) is 19.5 Å². The number of nitrogens with one attached hydrogen (secondary N) is 1. The van der Waals surface area contributed by atoms with Crippen LogP contribution >= 0.6 is 0 Å². The van der Waals surface area contributed by atoms with Crippen molar-refractivity contribution in [3.8, 4) is 5.75 Å². The number of ether oxygens (including phenoxy) is 1. The first-order valence-corrected chi connectivity index (χ1v) is 9.11. The first kappa shape index (κ1) is 17.6. The van der Waals surface area contributed by atoms with Crippen LogP contribution in [0.1, 0.15) is 36.6 Å². The Labute approximate surface area is 155 Å². The Morgan fingerprint density at radius 2 is 2.07 bits per heavy atom. The van der Waals surface area contributed by atoms with Crippen molar-refractivity contribution in [1.82, 2.24) is 19.7 Å². The maximum atomic E-state index is 12.5. The van der Waals surface area contributed by atoms with Gasteiger partial charge in [-0.3, -0.25) is 4.98 Å². The van der Waals surface area contributed by atoms with Gasteiger partial charge in [-0.05, 0) is 44.0 Å². The van der Waals surface area contributed by atoms with E-state index in [0.29, 0.717) is 6.54 Å². The summed E-state index contributed by atoms with van der Waals surface area (Å²) in [5.41, 5.74) is 2.37. The Morgan fingerprint density at radius 1 is 1.19 bits per heavy atom. The summed E-state index contributed by atoms with van der Waals surface area (Å²) in [5, 5.41) is 12.7. The molecular weight excluding hydrogens is 352 g/mol. The van der Waals surface area contributed by atoms with Crippen molar-refractivity contribution in [3.05, 3.63) is 41.6 Å². The number of fused-ring (bicyclic) bond motifs is 2. The lowest BCUT2D eigenvalue weighted by Crippen LogP contribution is -2.11. The van der Waals surface area contributed by atoms with E-state index in [9.17, 15) is 8.78 Å². The standard InChI is InChI=1S/C19H21F2N5O/c1-12-9-16(14-10-13(27-19(20)21)6-7-15(14)23-12)22-11-18-25-24-17-5-3-2-4-8-26(17)18/h6-7,9-10,19H,2-5,8,11H2,1H3,(H,22,23). The SMILES string of the molecule is Cc1cc(NCc2nnc3n2CCCCC3)c2cc(OC(F)F)ccc2n1. The summed E-state index contributed by atoms with van der Waals surface area (Å²) < 4.78 is 31.8. The zero-order valence-electron chi connectivity index (χ0n) is 15.1. The lowest BCUT2D eigenvalue weighted by atomic mass is 10.1. The summed E-state index contributed by atoms with van der Waals surface area (Å²) in [6.45, 7) is 0.480. The number of hydrogen-bond acceptors (Lipinski definition) is 5. The molecule has 4 rings (SSSR count). The number of rotatable bonds is 5. The molecule has 1 aromatic carbocycles. The summed E-state index contributed by atoms with van der Waals surface area (Å²) in [6, 6.07) is 6.67. The number of alkyl halides is 2. The van der Waals surface area contributed by atoms with Crippen LogP contribution in [0.25, 0.3) is 10.9 Å². The zero-order valence-corrected chi connectivity index (χ0v) is 15.1. The smallest absolute Gasteiger partial charge is 0.387 e. The zero-order chi connectivity index (χ0) is 18.8. The third-order valence-corrected chi connectivity index (χ3v) is 4.76. The Hall–Kier alpha value is -2.77. The van der Waals surface area contributed by atoms with Crippen LogP contribution in [0.5, 0.6) is 5.75 Å². The number of aromatic nitrogens is 4. The predicted molar refractivity (Wildman–Crippen MR) is 98.0 cm³/mol. The summed E-state index contributed by atoms with van der Waals surface area (Å²) in [4.78, 5) is 4.47. The first-order chi connectivity index (χ1) is 13.1. The Kier molecular flexibility index (Phi) is 4.87. The second kappa shape index (κ2) is 7.46. The average Bonchev–Trinajstić information content (AvgIpc) is 2.86. The van der Waals surface area contributed by atoms with Crippen LogP contribution < -0.4 is 10.1 Å². The minimum Gasteiger partial charge on any atom is -0.435 e. The minimum atomic E-state index is -2.86. The Balaban J connectivity index is 1.62. The fourth-order valence-electron chi connectivity index (χ4n) is 3.51. The van der Waals surface area contributed by atoms with Crippen molar-refractivity contribution < 1.29 is 13.5 Å². The molecule has 0 saturated carbocycles. The minimum absolute atomic E-state index is 0.113. The highest BCUT2D eigenvalue weighted by Gasteiger charge is 2.15. The van der Waals surface area contributed by atoms with Gasteiger partial charge in [0.2, 0.25) is 0 Å². The van der Waals surface area contributed by atoms with Crippen molar-refractivity contribution in [1.29, 1.82) is 0 Å². The molecule has 8 heteroatoms. The maximum Gasteiger partial charge on any atom is 0.387 e. The quantitative estimate of drug-likeness (QED) is 0.730. The van der Waals surface area contributed by atoms with Gasteiger partial charge in [0.25, 0.3) is 0 Å². The summed E-state index contributed by atoms with van der Waals surface area (Å²) in [7, 11) is 0. The predicted octanol–water partition coefficient (Wildman–Crippen LogP) is 4.07. The van der Waals surface area contributed by atoms with Gasteiger partial charge in [-0.1, -0.05) is 6.42 Å². The third-order valence-electron chi connectivity index (χ3n) is 4.76. The molecule has 0 bridgehead atoms. The van der Waals surface area contributed by atoms with E-state index in [4.69, 9.17) is 0 Å². The molecule has 3 heterocycles. The largest absolute Gasteiger partial charge is 0.435 e. The van der Waals surface area contributed by atoms with Crippen molar-refractivity contribution in [2.75, 3.05) is 5.32 Å². The molecule has 27 heavy (non-hydrogen) atoms. The molecule has 0 unspecified atom stereocenters. The fourth-order valence-corrected chi connectivity index (χ4v) is 3.51. The molecule has 3 aromatic rings. The second-order valence-corrected chi connectivity index (χ2v) is 6.72. The van der Waals surface area contributed by atoms with E-state index >= 15 is 0 Å². The Morgan fingerprint density at radius 3 is 2.93 bits per heavy atom. The number of hydrogen-bond donors (Lipinski definition) is 1. The lowest BCUT2D eigenvalue weighted by molar-refractivity contribution is -0.0497. The van der Waals surface area contributed by atoms with E-state index < -0.39 is 6.61 Å². The van der Waals surface area contributed by atoms with Crippen molar-refractivity contribution in [2.24, 2.45) is 0 Å². The molecule has 0 fully saturated rings. The van der Waals surface area contributed by atoms with Crippen LogP contribution in [0.3, 0.4) is 0 Å². The monoisotopic (exact) mass is 373 g/mol. The first-order valence-electron chi connectivity index (χ1n) is 9.11. The van der Waals surface area contributed by atoms with Crippen LogP contribution in [0.4, 0.5) is 14.5 Å². The molecule has 2 aromatic heterocycles. The fraction of sp³-hybridized carbons (Fsp3) is 0.421. The van der Waals surface area contributed by atoms with Gasteiger partial charge in [0.1, 0.15) is 11.6 Å². The maximum absolute atomic E-state index is 12.5. The Bertz CT molecular complexity index is 957. The lowest BCUT2D eigenvalue weighted by Gasteiger charge is -2.13. The molecule has 0 radical (unpaired) electrons. The highest BCUT2D eigenvalue weighted by molar-refractivity contribution is 5.92. The van der Waals surface area contributed by atoms with E-state index in [0.717, 1.165) is 59.7 Å². The van der Waals surface area contributed by atoms with E-state index in [-0.39, 0.29) is 5.75 Å². The van der Waals surface area contributed by atoms with Crippen molar-refractivity contribution in [2.45, 2.75) is 52.3 Å². The molecule has 0 aliphatic carbocycles. The summed E-state index contributed by atoms with van der Waals surface area (Å²) in [5.74, 6) is 2.03. The number of nitrogens with zero attached hydrogens (tertiary/aromatic N) is 4. The van der Waals surface area contributed by atoms with Gasteiger partial charge in [0.15, 0.2) is 5.82 Å². The van der Waals surface area contributed by atoms with Gasteiger partial charge < -0.3 is 14.6 Å². The van der Waals surface area contributed by atoms with E-state index in [2.05, 4.69) is 29.8 Å². The summed E-state index contributed by atoms with van der Waals surface area (Å²) >= 11 is 0. The van der Waals surface area contributed by atoms with Gasteiger partial charge in [-0.15, -0.1) is 10.2 Å². The number of aryl methyl sites for hydroxylation is 2. The second-order valence-electron chi connectivity index (χ2n) is 6.72. The topological polar surface area (TPSA) is 64.9 Å². The molecule has 1 aliphatic heterocycles. The van der Waals surface area contributed by atoms with Gasteiger partial charge >= 0.3 is 6.61 Å². The van der Waals surface area contributed by atoms with Crippen molar-refractivity contribution >= 4 is 16.6 Å². The summed E-state index contributed by atoms with van der Waals surface area (Å²) in [6.07, 6.45) is 4.44. The van der Waals surface area contributed by atoms with Crippen LogP contribution in [-0.4, -0.2) is 26.4 Å². The highest BCUT2D eigenvalue weighted by atomic mass is 19.3. The molecule has 0 amide bonds. The number of pyridine rings is 1. The molecule has 0 saturated heterocycles. The van der Waals surface area contributed by atoms with E-state index in [1.54, 1.807) is 12.1 Å². The van der Waals surface area contributed by atoms with E-state index in [1.807, 2.05) is 13.0 Å². The van der Waals surface area contributed by atoms with Gasteiger partial charge in [-0.2, -0.15) is 8.78 Å². The van der Waals surface area contributed by atoms with Gasteiger partial charge in [0.05, 0.1) is 12.1 Å². The third kappa shape index (κ3) is 3.84. The molecule has 1 aliphatic rings. The van der Waals surface area contributed by atoms with Gasteiger partial charge in [0, 0.05) is 29.7 Å². The normalized spacial score (nSPS) is 14.2. The molecular formula is C19H21F2N5O. The van der Waals surface area contributed by atoms with Crippen molar-refractivity contribution in [3.63, 3.8) is 0 Å². The van der Waals surface area contributed by atoms with Crippen LogP contribution in [0, 0.1) is 6.92 Å². The van der Waals surface area contributed by atoms with E-state index in [1.165, 1.54) is 12.5 Å². The molecule has 0 spiro atoms. The van der Waals surface area contributed by atoms with Crippen LogP contribution in [0.15, 0.2) is 24.3 Å². The highest BCUT2D eigenvalue weighted by Crippen LogP contribution is 2.28. The molecule has 0 atom stereocenters. The number of benzene rings is 1. The van der Waals surface area contributed by atoms with Gasteiger partial charge in [-0.25, -0.2) is 0 Å². The number of halogens is 2. The molecule has 142 valence electrons. The number of anilines is 1. The molecule has 1 N–H and O–H groups in total. The molecule has 6 nitrogen and oxygen atoms in total.